The number of pyridine rings is 1. The lowest BCUT2D eigenvalue weighted by atomic mass is 9.85. The van der Waals surface area contributed by atoms with Gasteiger partial charge in [0.1, 0.15) is 23.6 Å². The highest BCUT2D eigenvalue weighted by Crippen LogP contribution is 2.44. The molecule has 0 saturated carbocycles. The number of alkyl halides is 2. The molecular formula is C32H44F3N7O. The van der Waals surface area contributed by atoms with Crippen molar-refractivity contribution >= 4 is 22.5 Å². The first kappa shape index (κ1) is 31.3. The molecule has 1 atom stereocenters. The zero-order valence-corrected chi connectivity index (χ0v) is 26.1. The highest BCUT2D eigenvalue weighted by atomic mass is 19.3. The lowest BCUT2D eigenvalue weighted by Crippen LogP contribution is -2.49. The quantitative estimate of drug-likeness (QED) is 0.317. The molecule has 234 valence electrons. The molecule has 5 rings (SSSR count). The van der Waals surface area contributed by atoms with Gasteiger partial charge < -0.3 is 19.9 Å². The van der Waals surface area contributed by atoms with Crippen LogP contribution in [0.4, 0.5) is 24.7 Å². The molecule has 2 fully saturated rings. The number of ether oxygens (including phenoxy) is 1. The van der Waals surface area contributed by atoms with Crippen LogP contribution in [0.15, 0.2) is 30.6 Å². The smallest absolute Gasteiger partial charge is 0.278 e. The zero-order valence-electron chi connectivity index (χ0n) is 26.1. The molecule has 1 aromatic carbocycles. The van der Waals surface area contributed by atoms with Crippen molar-refractivity contribution in [1.29, 1.82) is 0 Å². The van der Waals surface area contributed by atoms with E-state index in [4.69, 9.17) is 4.74 Å². The van der Waals surface area contributed by atoms with Crippen molar-refractivity contribution in [1.82, 2.24) is 24.8 Å². The van der Waals surface area contributed by atoms with Crippen LogP contribution in [0, 0.1) is 11.7 Å². The van der Waals surface area contributed by atoms with E-state index >= 15 is 13.2 Å². The van der Waals surface area contributed by atoms with Crippen LogP contribution in [0.1, 0.15) is 64.6 Å². The Balaban J connectivity index is 1.40. The molecule has 1 unspecified atom stereocenters. The molecule has 11 heteroatoms. The maximum absolute atomic E-state index is 15.9. The number of piperidine rings is 1. The summed E-state index contributed by atoms with van der Waals surface area (Å²) in [5.74, 6) is -4.11. The third kappa shape index (κ3) is 6.38. The predicted molar refractivity (Wildman–Crippen MR) is 165 cm³/mol. The highest BCUT2D eigenvalue weighted by Gasteiger charge is 2.45. The number of likely N-dealkylation sites (tertiary alicyclic amines) is 1. The van der Waals surface area contributed by atoms with E-state index in [1.807, 2.05) is 6.07 Å². The normalized spacial score (nSPS) is 18.5. The summed E-state index contributed by atoms with van der Waals surface area (Å²) in [5.41, 5.74) is 0.887. The van der Waals surface area contributed by atoms with E-state index in [9.17, 15) is 0 Å². The Morgan fingerprint density at radius 3 is 2.21 bits per heavy atom. The number of rotatable bonds is 9. The van der Waals surface area contributed by atoms with E-state index in [1.54, 1.807) is 20.1 Å². The number of nitrogens with zero attached hydrogens (tertiary/aromatic N) is 6. The molecule has 3 aromatic rings. The van der Waals surface area contributed by atoms with Gasteiger partial charge in [-0.1, -0.05) is 18.2 Å². The Labute approximate surface area is 252 Å². The lowest BCUT2D eigenvalue weighted by Gasteiger charge is -2.38. The molecule has 4 heterocycles. The minimum absolute atomic E-state index is 0.162. The van der Waals surface area contributed by atoms with Crippen LogP contribution in [0.2, 0.25) is 0 Å². The first-order chi connectivity index (χ1) is 20.5. The topological polar surface area (TPSA) is 69.7 Å². The number of methoxy groups -OCH3 is 1. The van der Waals surface area contributed by atoms with Crippen LogP contribution in [0.3, 0.4) is 0 Å². The van der Waals surface area contributed by atoms with Crippen LogP contribution < -0.4 is 15.0 Å². The number of anilines is 2. The molecular weight excluding hydrogens is 555 g/mol. The minimum atomic E-state index is -3.26. The van der Waals surface area contributed by atoms with Crippen LogP contribution in [0.25, 0.3) is 11.0 Å². The third-order valence-electron chi connectivity index (χ3n) is 9.13. The number of hydrogen-bond acceptors (Lipinski definition) is 8. The molecule has 0 bridgehead atoms. The van der Waals surface area contributed by atoms with Gasteiger partial charge in [-0.25, -0.2) is 23.1 Å². The number of benzene rings is 1. The fourth-order valence-corrected chi connectivity index (χ4v) is 6.35. The first-order valence-corrected chi connectivity index (χ1v) is 15.4. The van der Waals surface area contributed by atoms with E-state index < -0.39 is 29.3 Å². The molecule has 2 aliphatic rings. The number of hydrogen-bond donors (Lipinski definition) is 1. The van der Waals surface area contributed by atoms with Gasteiger partial charge in [-0.15, -0.1) is 0 Å². The lowest BCUT2D eigenvalue weighted by molar-refractivity contribution is -0.0900. The summed E-state index contributed by atoms with van der Waals surface area (Å²) < 4.78 is 53.0. The van der Waals surface area contributed by atoms with Gasteiger partial charge in [0.25, 0.3) is 5.92 Å². The molecule has 0 spiro atoms. The molecule has 0 aliphatic carbocycles. The zero-order chi connectivity index (χ0) is 30.9. The fraction of sp³-hybridized carbons (Fsp3) is 0.594. The van der Waals surface area contributed by atoms with Gasteiger partial charge in [0.15, 0.2) is 5.65 Å². The standard InChI is InChI=1S/C32H44F3N7O/c1-20(2)40-12-10-23(11-13-40)32(34,35)26-9-7-8-24(28(26)33)22(5)38-29-25-18-27(31(43-6)39-30(25)37-19-36-29)42-16-14-41(15-17-42)21(3)4/h7-9,18-23H,10-17H2,1-6H3,(H,36,37,38,39). The summed E-state index contributed by atoms with van der Waals surface area (Å²) in [6.45, 7) is 14.9. The maximum Gasteiger partial charge on any atom is 0.278 e. The van der Waals surface area contributed by atoms with Crippen LogP contribution in [-0.4, -0.2) is 83.2 Å². The molecule has 1 N–H and O–H groups in total. The van der Waals surface area contributed by atoms with Crippen LogP contribution in [0.5, 0.6) is 5.88 Å². The van der Waals surface area contributed by atoms with Gasteiger partial charge in [-0.2, -0.15) is 4.98 Å². The fourth-order valence-electron chi connectivity index (χ4n) is 6.35. The number of halogens is 3. The Morgan fingerprint density at radius 1 is 0.930 bits per heavy atom. The van der Waals surface area contributed by atoms with Crippen molar-refractivity contribution in [3.63, 3.8) is 0 Å². The van der Waals surface area contributed by atoms with Crippen molar-refractivity contribution in [2.45, 2.75) is 71.5 Å². The SMILES string of the molecule is COc1nc2ncnc(NC(C)c3cccc(C(F)(F)C4CCN(C(C)C)CC4)c3F)c2cc1N1CCN(C(C)C)CC1. The number of nitrogens with one attached hydrogen (secondary N) is 1. The predicted octanol–water partition coefficient (Wildman–Crippen LogP) is 6.09. The Bertz CT molecular complexity index is 1400. The average Bonchev–Trinajstić information content (AvgIpc) is 3.00. The van der Waals surface area contributed by atoms with Crippen LogP contribution >= 0.6 is 0 Å². The van der Waals surface area contributed by atoms with E-state index in [0.29, 0.717) is 60.7 Å². The third-order valence-corrected chi connectivity index (χ3v) is 9.13. The molecule has 0 amide bonds. The molecule has 2 saturated heterocycles. The highest BCUT2D eigenvalue weighted by molar-refractivity contribution is 5.90. The van der Waals surface area contributed by atoms with E-state index in [1.165, 1.54) is 18.5 Å². The van der Waals surface area contributed by atoms with E-state index in [2.05, 4.69) is 62.7 Å². The maximum atomic E-state index is 15.9. The van der Waals surface area contributed by atoms with Gasteiger partial charge in [-0.3, -0.25) is 4.90 Å². The van der Waals surface area contributed by atoms with Gasteiger partial charge in [0, 0.05) is 49.7 Å². The summed E-state index contributed by atoms with van der Waals surface area (Å²) in [4.78, 5) is 20.3. The monoisotopic (exact) mass is 599 g/mol. The molecule has 0 radical (unpaired) electrons. The Morgan fingerprint density at radius 2 is 1.58 bits per heavy atom. The molecule has 8 nitrogen and oxygen atoms in total. The Kier molecular flexibility index (Phi) is 9.31. The van der Waals surface area contributed by atoms with Gasteiger partial charge >= 0.3 is 0 Å². The second kappa shape index (κ2) is 12.8. The summed E-state index contributed by atoms with van der Waals surface area (Å²) >= 11 is 0. The average molecular weight is 600 g/mol. The number of fused-ring (bicyclic) bond motifs is 1. The van der Waals surface area contributed by atoms with Gasteiger partial charge in [-0.05, 0) is 66.6 Å². The van der Waals surface area contributed by atoms with Crippen molar-refractivity contribution in [3.05, 3.63) is 47.5 Å². The van der Waals surface area contributed by atoms with E-state index in [-0.39, 0.29) is 5.56 Å². The first-order valence-electron chi connectivity index (χ1n) is 15.4. The Hall–Kier alpha value is -3.18. The summed E-state index contributed by atoms with van der Waals surface area (Å²) in [7, 11) is 1.59. The summed E-state index contributed by atoms with van der Waals surface area (Å²) in [5, 5.41) is 3.91. The largest absolute Gasteiger partial charge is 0.479 e. The van der Waals surface area contributed by atoms with Crippen LogP contribution in [-0.2, 0) is 5.92 Å². The van der Waals surface area contributed by atoms with Crippen molar-refractivity contribution in [2.75, 3.05) is 56.6 Å². The van der Waals surface area contributed by atoms with Gasteiger partial charge in [0.05, 0.1) is 24.1 Å². The van der Waals surface area contributed by atoms with Gasteiger partial charge in [0.2, 0.25) is 5.88 Å². The van der Waals surface area contributed by atoms with E-state index in [0.717, 1.165) is 31.9 Å². The molecule has 2 aliphatic heterocycles. The summed E-state index contributed by atoms with van der Waals surface area (Å²) in [6, 6.07) is 6.38. The number of aromatic nitrogens is 3. The minimum Gasteiger partial charge on any atom is -0.479 e. The summed E-state index contributed by atoms with van der Waals surface area (Å²) in [6.07, 6.45) is 2.05. The van der Waals surface area contributed by atoms with Crippen molar-refractivity contribution in [3.8, 4) is 5.88 Å². The molecule has 43 heavy (non-hydrogen) atoms. The second-order valence-electron chi connectivity index (χ2n) is 12.3. The molecule has 2 aromatic heterocycles. The number of piperazine rings is 1. The second-order valence-corrected chi connectivity index (χ2v) is 12.3. The van der Waals surface area contributed by atoms with Crippen molar-refractivity contribution < 1.29 is 17.9 Å². The van der Waals surface area contributed by atoms with Crippen molar-refractivity contribution in [2.24, 2.45) is 5.92 Å².